The van der Waals surface area contributed by atoms with Crippen LogP contribution < -0.4 is 70.4 Å². The predicted octanol–water partition coefficient (Wildman–Crippen LogP) is 2.37. The van der Waals surface area contributed by atoms with Crippen LogP contribution in [0.15, 0.2) is 85.5 Å². The molecule has 0 fully saturated rings. The molecule has 26 nitrogen and oxygen atoms in total. The van der Waals surface area contributed by atoms with E-state index in [1.165, 1.54) is 18.2 Å². The van der Waals surface area contributed by atoms with E-state index in [0.29, 0.717) is 31.4 Å². The molecule has 0 heterocycles. The van der Waals surface area contributed by atoms with Gasteiger partial charge in [-0.1, -0.05) is 115 Å². The fourth-order valence-electron chi connectivity index (χ4n) is 10.2. The summed E-state index contributed by atoms with van der Waals surface area (Å²) in [6.45, 7) is 16.4. The zero-order chi connectivity index (χ0) is 65.9. The lowest BCUT2D eigenvalue weighted by molar-refractivity contribution is -0.137. The minimum atomic E-state index is -1.41. The summed E-state index contributed by atoms with van der Waals surface area (Å²) in [6, 6.07) is 12.2. The Labute approximate surface area is 521 Å². The van der Waals surface area contributed by atoms with Gasteiger partial charge in [0, 0.05) is 37.9 Å². The van der Waals surface area contributed by atoms with Crippen LogP contribution in [0.5, 0.6) is 5.75 Å². The van der Waals surface area contributed by atoms with E-state index in [1.54, 1.807) is 46.8 Å². The molecule has 89 heavy (non-hydrogen) atoms. The molecule has 0 radical (unpaired) electrons. The van der Waals surface area contributed by atoms with Crippen LogP contribution in [0, 0.1) is 28.6 Å². The highest BCUT2D eigenvalue weighted by molar-refractivity contribution is 5.98. The number of rotatable bonds is 37. The zero-order valence-corrected chi connectivity index (χ0v) is 52.1. The van der Waals surface area contributed by atoms with Crippen molar-refractivity contribution in [2.75, 3.05) is 19.7 Å². The molecule has 3 aromatic carbocycles. The maximum Gasteiger partial charge on any atom is 0.407 e. The third-order valence-corrected chi connectivity index (χ3v) is 15.2. The summed E-state index contributed by atoms with van der Waals surface area (Å²) >= 11 is 0. The van der Waals surface area contributed by atoms with Gasteiger partial charge in [-0.15, -0.1) is 6.58 Å². The number of guanidine groups is 2. The number of phenols is 1. The second kappa shape index (κ2) is 36.2. The van der Waals surface area contributed by atoms with Crippen LogP contribution in [0.1, 0.15) is 129 Å². The molecular weight excluding hydrogens is 1140 g/mol. The number of alkyl carbamates (subject to hydrolysis) is 1. The van der Waals surface area contributed by atoms with Gasteiger partial charge in [0.15, 0.2) is 11.9 Å². The molecule has 0 bridgehead atoms. The second-order valence-electron chi connectivity index (χ2n) is 23.3. The number of hydrogen-bond acceptors (Lipinski definition) is 13. The third kappa shape index (κ3) is 23.8. The third-order valence-electron chi connectivity index (χ3n) is 15.2. The van der Waals surface area contributed by atoms with Crippen molar-refractivity contribution in [3.05, 3.63) is 102 Å². The van der Waals surface area contributed by atoms with Crippen LogP contribution >= 0.6 is 0 Å². The highest BCUT2D eigenvalue weighted by Crippen LogP contribution is 2.44. The lowest BCUT2D eigenvalue weighted by atomic mass is 9.95. The van der Waals surface area contributed by atoms with E-state index in [2.05, 4.69) is 59.7 Å². The number of carbonyl (C=O) groups is 9. The molecule has 0 aliphatic heterocycles. The molecular formula is C63H93N15O11. The predicted molar refractivity (Wildman–Crippen MR) is 338 cm³/mol. The lowest BCUT2D eigenvalue weighted by Crippen LogP contribution is -2.62. The van der Waals surface area contributed by atoms with Gasteiger partial charge in [-0.2, -0.15) is 0 Å². The first-order chi connectivity index (χ1) is 42.2. The average Bonchev–Trinajstić information content (AvgIpc) is 1.87. The van der Waals surface area contributed by atoms with Crippen LogP contribution in [0.3, 0.4) is 0 Å². The summed E-state index contributed by atoms with van der Waals surface area (Å²) < 4.78 is 5.82. The molecule has 1 aliphatic rings. The molecule has 1 aliphatic carbocycles. The first-order valence-electron chi connectivity index (χ1n) is 30.3. The normalized spacial score (nSPS) is 14.6. The Morgan fingerprint density at radius 2 is 1.07 bits per heavy atom. The van der Waals surface area contributed by atoms with Gasteiger partial charge in [-0.25, -0.2) is 4.79 Å². The number of amides is 9. The SMILES string of the molecule is C=CC[C@@H](NC(=O)[C@@H](CCC(N)=O)NC(=O)[C@H](NC(=O)[C@H](NC(=O)[C@@H](CCCNC(=N)N)NC(=O)[C@@H](CC(C)C)NC(=O)[C@@H](Cc1ccc(O)cc1)NC(=O)OCC1c2ccccc2-c2ccccc21)C(C)CC)C(C)C)C(=O)N[C@@H](C)CCCNC(=N)N. The number of phenolic OH excluding ortho intramolecular Hbond substituents is 1. The van der Waals surface area contributed by atoms with Crippen molar-refractivity contribution < 1.29 is 53.0 Å². The van der Waals surface area contributed by atoms with Crippen molar-refractivity contribution in [3.8, 4) is 16.9 Å². The summed E-state index contributed by atoms with van der Waals surface area (Å²) in [6.07, 6.45) is 1.49. The molecule has 1 unspecified atom stereocenters. The maximum atomic E-state index is 14.6. The molecule has 0 saturated heterocycles. The van der Waals surface area contributed by atoms with E-state index in [1.807, 2.05) is 62.4 Å². The number of aromatic hydroxyl groups is 1. The Morgan fingerprint density at radius 3 is 1.62 bits per heavy atom. The summed E-state index contributed by atoms with van der Waals surface area (Å²) in [5.74, 6) is -8.29. The van der Waals surface area contributed by atoms with Crippen LogP contribution in [-0.4, -0.2) is 138 Å². The fourth-order valence-corrected chi connectivity index (χ4v) is 10.2. The van der Waals surface area contributed by atoms with Crippen molar-refractivity contribution in [1.82, 2.24) is 53.2 Å². The van der Waals surface area contributed by atoms with Crippen molar-refractivity contribution in [2.45, 2.75) is 167 Å². The summed E-state index contributed by atoms with van der Waals surface area (Å²) in [5, 5.41) is 52.3. The number of nitrogens with one attached hydrogen (secondary N) is 12. The van der Waals surface area contributed by atoms with E-state index < -0.39 is 107 Å². The minimum absolute atomic E-state index is 0.00364. The van der Waals surface area contributed by atoms with Crippen molar-refractivity contribution in [3.63, 3.8) is 0 Å². The molecule has 26 heteroatoms. The minimum Gasteiger partial charge on any atom is -0.508 e. The molecule has 4 rings (SSSR count). The molecule has 486 valence electrons. The number of carbonyl (C=O) groups excluding carboxylic acids is 9. The van der Waals surface area contributed by atoms with E-state index in [-0.39, 0.29) is 93.6 Å². The molecule has 19 N–H and O–H groups in total. The Hall–Kier alpha value is -9.23. The Kier molecular flexibility index (Phi) is 29.4. The van der Waals surface area contributed by atoms with Gasteiger partial charge in [-0.05, 0) is 110 Å². The van der Waals surface area contributed by atoms with Gasteiger partial charge in [0.2, 0.25) is 47.3 Å². The van der Waals surface area contributed by atoms with Crippen LogP contribution in [-0.2, 0) is 49.5 Å². The van der Waals surface area contributed by atoms with Gasteiger partial charge in [0.05, 0.1) is 0 Å². The monoisotopic (exact) mass is 1240 g/mol. The quantitative estimate of drug-likeness (QED) is 0.0171. The van der Waals surface area contributed by atoms with E-state index in [9.17, 15) is 48.3 Å². The maximum absolute atomic E-state index is 14.6. The molecule has 0 saturated carbocycles. The lowest BCUT2D eigenvalue weighted by Gasteiger charge is -2.31. The van der Waals surface area contributed by atoms with Gasteiger partial charge >= 0.3 is 6.09 Å². The molecule has 9 atom stereocenters. The molecule has 0 spiro atoms. The smallest absolute Gasteiger partial charge is 0.407 e. The van der Waals surface area contributed by atoms with Crippen LogP contribution in [0.2, 0.25) is 0 Å². The summed E-state index contributed by atoms with van der Waals surface area (Å²) in [5.41, 5.74) is 20.9. The fraction of sp³-hybridized carbons (Fsp3) is 0.508. The first-order valence-corrected chi connectivity index (χ1v) is 30.3. The van der Waals surface area contributed by atoms with Crippen molar-refractivity contribution >= 4 is 65.3 Å². The number of hydrogen-bond donors (Lipinski definition) is 16. The first kappa shape index (κ1) is 72.2. The molecule has 0 aromatic heterocycles. The standard InChI is InChI=1S/C63H93N15O11/c1-9-17-46(54(81)71-38(8)18-15-30-69-61(65)66)72-55(82)48(28-29-51(64)80)74-59(86)52(36(5)6)77-60(87)53(37(7)10-2)78-56(83)47(23-16-31-70-62(67)68)73-57(84)49(32-35(3)4)75-58(85)50(33-39-24-26-40(79)27-25-39)76-63(88)89-34-45-43-21-13-11-19-41(43)42-20-12-14-22-44(42)45/h9,11-14,19-22,24-27,35-38,45-50,52-53,79H,1,10,15-18,23,28-34H2,2-8H3,(H2,64,80)(H,71,81)(H,72,82)(H,73,84)(H,74,86)(H,75,85)(H,76,88)(H,77,87)(H,78,83)(H4,65,66,69)(H4,67,68,70)/t37?,38-,46+,47+,48+,49+,50+,52+,53+/m0/s1. The topological polar surface area (TPSA) is 429 Å². The zero-order valence-electron chi connectivity index (χ0n) is 52.1. The number of benzene rings is 3. The molecule has 9 amide bonds. The largest absolute Gasteiger partial charge is 0.508 e. The number of fused-ring (bicyclic) bond motifs is 3. The van der Waals surface area contributed by atoms with E-state index >= 15 is 0 Å². The van der Waals surface area contributed by atoms with E-state index in [0.717, 1.165) is 22.3 Å². The Balaban J connectivity index is 1.54. The van der Waals surface area contributed by atoms with Gasteiger partial charge in [0.25, 0.3) is 0 Å². The van der Waals surface area contributed by atoms with Crippen LogP contribution in [0.4, 0.5) is 4.79 Å². The van der Waals surface area contributed by atoms with E-state index in [4.69, 9.17) is 32.8 Å². The average molecular weight is 1240 g/mol. The molecule has 3 aromatic rings. The highest BCUT2D eigenvalue weighted by Gasteiger charge is 2.37. The second-order valence-corrected chi connectivity index (χ2v) is 23.3. The number of primary amides is 1. The summed E-state index contributed by atoms with van der Waals surface area (Å²) in [4.78, 5) is 126. The van der Waals surface area contributed by atoms with Gasteiger partial charge < -0.3 is 80.2 Å². The number of nitrogens with two attached hydrogens (primary N) is 3. The number of ether oxygens (including phenoxy) is 1. The highest BCUT2D eigenvalue weighted by atomic mass is 16.5. The van der Waals surface area contributed by atoms with Crippen molar-refractivity contribution in [1.29, 1.82) is 10.8 Å². The van der Waals surface area contributed by atoms with Gasteiger partial charge in [0.1, 0.15) is 54.6 Å². The Bertz CT molecular complexity index is 2900. The van der Waals surface area contributed by atoms with Gasteiger partial charge in [-0.3, -0.25) is 49.2 Å². The van der Waals surface area contributed by atoms with Crippen molar-refractivity contribution in [2.24, 2.45) is 35.0 Å². The van der Waals surface area contributed by atoms with Crippen LogP contribution in [0.25, 0.3) is 11.1 Å². The Morgan fingerprint density at radius 1 is 0.584 bits per heavy atom. The summed E-state index contributed by atoms with van der Waals surface area (Å²) in [7, 11) is 0.